The number of rotatable bonds is 7. The van der Waals surface area contributed by atoms with Crippen LogP contribution in [0.3, 0.4) is 0 Å². The van der Waals surface area contributed by atoms with Crippen LogP contribution in [0.4, 0.5) is 0 Å². The van der Waals surface area contributed by atoms with E-state index in [-0.39, 0.29) is 0 Å². The lowest BCUT2D eigenvalue weighted by atomic mass is 10.4. The SMILES string of the molecule is CCON/C=C/C(=C/NOC)N(C)C. The summed E-state index contributed by atoms with van der Waals surface area (Å²) in [6.07, 6.45) is 5.32. The molecule has 0 aromatic carbocycles. The van der Waals surface area contributed by atoms with Crippen molar-refractivity contribution in [2.45, 2.75) is 6.92 Å². The molecule has 0 fully saturated rings. The standard InChI is InChI=1S/C9H19N3O2/c1-5-14-10-7-6-9(12(2)3)8-11-13-4/h6-8,10-11H,5H2,1-4H3/b7-6+,9-8-. The van der Waals surface area contributed by atoms with Gasteiger partial charge in [-0.05, 0) is 13.0 Å². The third kappa shape index (κ3) is 6.33. The Kier molecular flexibility index (Phi) is 7.68. The zero-order valence-electron chi connectivity index (χ0n) is 9.20. The molecular weight excluding hydrogens is 182 g/mol. The largest absolute Gasteiger partial charge is 0.376 e. The Labute approximate surface area is 85.3 Å². The minimum atomic E-state index is 0.627. The summed E-state index contributed by atoms with van der Waals surface area (Å²) in [6.45, 7) is 2.54. The molecule has 0 spiro atoms. The number of hydroxylamine groups is 2. The van der Waals surface area contributed by atoms with Crippen molar-refractivity contribution in [1.82, 2.24) is 15.9 Å². The number of nitrogens with one attached hydrogen (secondary N) is 2. The fourth-order valence-electron chi connectivity index (χ4n) is 0.696. The van der Waals surface area contributed by atoms with Gasteiger partial charge in [0.2, 0.25) is 0 Å². The molecule has 0 aliphatic heterocycles. The van der Waals surface area contributed by atoms with Crippen molar-refractivity contribution in [3.63, 3.8) is 0 Å². The quantitative estimate of drug-likeness (QED) is 0.359. The van der Waals surface area contributed by atoms with Crippen LogP contribution in [0.2, 0.25) is 0 Å². The van der Waals surface area contributed by atoms with Gasteiger partial charge in [-0.15, -0.1) is 0 Å². The summed E-state index contributed by atoms with van der Waals surface area (Å²) >= 11 is 0. The maximum atomic E-state index is 4.93. The predicted octanol–water partition coefficient (Wildman–Crippen LogP) is 0.595. The van der Waals surface area contributed by atoms with Crippen LogP contribution >= 0.6 is 0 Å². The summed E-state index contributed by atoms with van der Waals surface area (Å²) in [5.74, 6) is 0. The van der Waals surface area contributed by atoms with Gasteiger partial charge in [0, 0.05) is 26.5 Å². The van der Waals surface area contributed by atoms with Crippen LogP contribution < -0.4 is 11.0 Å². The molecule has 0 rings (SSSR count). The Bertz CT molecular complexity index is 190. The van der Waals surface area contributed by atoms with Crippen molar-refractivity contribution < 1.29 is 9.68 Å². The van der Waals surface area contributed by atoms with Gasteiger partial charge >= 0.3 is 0 Å². The highest BCUT2D eigenvalue weighted by Crippen LogP contribution is 1.97. The van der Waals surface area contributed by atoms with Crippen LogP contribution in [0.25, 0.3) is 0 Å². The molecular formula is C9H19N3O2. The van der Waals surface area contributed by atoms with Crippen molar-refractivity contribution in [2.75, 3.05) is 27.8 Å². The van der Waals surface area contributed by atoms with E-state index in [1.54, 1.807) is 19.5 Å². The number of nitrogens with zero attached hydrogens (tertiary/aromatic N) is 1. The van der Waals surface area contributed by atoms with Crippen molar-refractivity contribution >= 4 is 0 Å². The van der Waals surface area contributed by atoms with Crippen LogP contribution in [0, 0.1) is 0 Å². The summed E-state index contributed by atoms with van der Waals surface area (Å²) < 4.78 is 0. The van der Waals surface area contributed by atoms with E-state index >= 15 is 0 Å². The number of hydrogen-bond donors (Lipinski definition) is 2. The van der Waals surface area contributed by atoms with E-state index in [1.165, 1.54) is 0 Å². The molecule has 0 aromatic heterocycles. The summed E-state index contributed by atoms with van der Waals surface area (Å²) in [7, 11) is 5.44. The minimum absolute atomic E-state index is 0.627. The van der Waals surface area contributed by atoms with Crippen LogP contribution in [-0.4, -0.2) is 32.7 Å². The second kappa shape index (κ2) is 8.40. The van der Waals surface area contributed by atoms with E-state index in [9.17, 15) is 0 Å². The maximum Gasteiger partial charge on any atom is 0.0717 e. The summed E-state index contributed by atoms with van der Waals surface area (Å²) in [6, 6.07) is 0. The molecule has 0 amide bonds. The molecule has 5 nitrogen and oxygen atoms in total. The highest BCUT2D eigenvalue weighted by molar-refractivity contribution is 5.14. The summed E-state index contributed by atoms with van der Waals surface area (Å²) in [4.78, 5) is 11.6. The lowest BCUT2D eigenvalue weighted by molar-refractivity contribution is 0.0824. The molecule has 14 heavy (non-hydrogen) atoms. The highest BCUT2D eigenvalue weighted by atomic mass is 16.6. The van der Waals surface area contributed by atoms with Gasteiger partial charge in [-0.25, -0.2) is 0 Å². The van der Waals surface area contributed by atoms with Gasteiger partial charge in [-0.1, -0.05) is 0 Å². The Balaban J connectivity index is 4.02. The van der Waals surface area contributed by atoms with E-state index in [1.807, 2.05) is 32.0 Å². The molecule has 0 saturated heterocycles. The fourth-order valence-corrected chi connectivity index (χ4v) is 0.696. The van der Waals surface area contributed by atoms with Crippen molar-refractivity contribution in [3.05, 3.63) is 24.2 Å². The average molecular weight is 201 g/mol. The van der Waals surface area contributed by atoms with Crippen molar-refractivity contribution in [3.8, 4) is 0 Å². The lowest BCUT2D eigenvalue weighted by Gasteiger charge is -2.13. The van der Waals surface area contributed by atoms with Crippen molar-refractivity contribution in [1.29, 1.82) is 0 Å². The molecule has 5 heteroatoms. The first-order valence-corrected chi connectivity index (χ1v) is 4.42. The Hall–Kier alpha value is -1.20. The van der Waals surface area contributed by atoms with Gasteiger partial charge < -0.3 is 4.90 Å². The maximum absolute atomic E-state index is 4.93. The molecule has 0 bridgehead atoms. The van der Waals surface area contributed by atoms with Gasteiger partial charge in [-0.3, -0.25) is 20.6 Å². The molecule has 0 heterocycles. The molecule has 0 aliphatic carbocycles. The highest BCUT2D eigenvalue weighted by Gasteiger charge is 1.92. The molecule has 0 unspecified atom stereocenters. The van der Waals surface area contributed by atoms with Gasteiger partial charge in [-0.2, -0.15) is 0 Å². The Morgan fingerprint density at radius 2 is 2.07 bits per heavy atom. The second-order valence-electron chi connectivity index (χ2n) is 2.67. The number of likely N-dealkylation sites (N-methyl/N-ethyl adjacent to an activating group) is 1. The fraction of sp³-hybridized carbons (Fsp3) is 0.556. The van der Waals surface area contributed by atoms with Crippen molar-refractivity contribution in [2.24, 2.45) is 0 Å². The molecule has 0 aliphatic rings. The van der Waals surface area contributed by atoms with E-state index in [0.29, 0.717) is 6.61 Å². The third-order valence-corrected chi connectivity index (χ3v) is 1.39. The Morgan fingerprint density at radius 1 is 1.36 bits per heavy atom. The predicted molar refractivity (Wildman–Crippen MR) is 55.8 cm³/mol. The first kappa shape index (κ1) is 12.8. The zero-order chi connectivity index (χ0) is 10.8. The molecule has 2 N–H and O–H groups in total. The molecule has 0 radical (unpaired) electrons. The summed E-state index contributed by atoms with van der Waals surface area (Å²) in [5.41, 5.74) is 6.28. The molecule has 0 saturated carbocycles. The van der Waals surface area contributed by atoms with Crippen LogP contribution in [-0.2, 0) is 9.68 Å². The number of hydrogen-bond acceptors (Lipinski definition) is 5. The van der Waals surface area contributed by atoms with E-state index in [4.69, 9.17) is 9.68 Å². The summed E-state index contributed by atoms with van der Waals surface area (Å²) in [5, 5.41) is 0. The average Bonchev–Trinajstić information content (AvgIpc) is 2.16. The first-order chi connectivity index (χ1) is 6.72. The van der Waals surface area contributed by atoms with Gasteiger partial charge in [0.25, 0.3) is 0 Å². The molecule has 0 aromatic rings. The molecule has 82 valence electrons. The lowest BCUT2D eigenvalue weighted by Crippen LogP contribution is -2.14. The topological polar surface area (TPSA) is 45.8 Å². The van der Waals surface area contributed by atoms with Gasteiger partial charge in [0.15, 0.2) is 0 Å². The second-order valence-corrected chi connectivity index (χ2v) is 2.67. The van der Waals surface area contributed by atoms with E-state index in [2.05, 4.69) is 11.0 Å². The minimum Gasteiger partial charge on any atom is -0.376 e. The molecule has 0 atom stereocenters. The normalized spacial score (nSPS) is 11.9. The van der Waals surface area contributed by atoms with E-state index in [0.717, 1.165) is 5.70 Å². The van der Waals surface area contributed by atoms with Crippen LogP contribution in [0.15, 0.2) is 24.2 Å². The number of allylic oxidation sites excluding steroid dienone is 1. The van der Waals surface area contributed by atoms with E-state index < -0.39 is 0 Å². The van der Waals surface area contributed by atoms with Gasteiger partial charge in [0.1, 0.15) is 0 Å². The van der Waals surface area contributed by atoms with Gasteiger partial charge in [0.05, 0.1) is 19.4 Å². The van der Waals surface area contributed by atoms with Crippen LogP contribution in [0.5, 0.6) is 0 Å². The van der Waals surface area contributed by atoms with Crippen LogP contribution in [0.1, 0.15) is 6.92 Å². The smallest absolute Gasteiger partial charge is 0.0717 e. The Morgan fingerprint density at radius 3 is 2.57 bits per heavy atom. The zero-order valence-corrected chi connectivity index (χ0v) is 9.20. The monoisotopic (exact) mass is 201 g/mol. The first-order valence-electron chi connectivity index (χ1n) is 4.42. The third-order valence-electron chi connectivity index (χ3n) is 1.39.